The lowest BCUT2D eigenvalue weighted by atomic mass is 9.51. The molecular formula is C16H20N2O2. The third-order valence-corrected chi connectivity index (χ3v) is 5.78. The summed E-state index contributed by atoms with van der Waals surface area (Å²) in [7, 11) is 0. The molecule has 4 nitrogen and oxygen atoms in total. The molecule has 1 aromatic rings. The minimum atomic E-state index is -0.972. The Bertz CT molecular complexity index is 542. The lowest BCUT2D eigenvalue weighted by molar-refractivity contribution is -0.00292. The van der Waals surface area contributed by atoms with Crippen molar-refractivity contribution in [3.63, 3.8) is 0 Å². The van der Waals surface area contributed by atoms with Crippen molar-refractivity contribution in [2.24, 2.45) is 23.7 Å². The fourth-order valence-corrected chi connectivity index (χ4v) is 5.31. The minimum Gasteiger partial charge on any atom is -0.478 e. The van der Waals surface area contributed by atoms with E-state index in [2.05, 4.69) is 4.98 Å². The van der Waals surface area contributed by atoms with Crippen molar-refractivity contribution in [2.45, 2.75) is 38.0 Å². The van der Waals surface area contributed by atoms with Crippen LogP contribution in [0.3, 0.4) is 0 Å². The first-order valence-corrected chi connectivity index (χ1v) is 7.60. The number of aromatic nitrogens is 1. The quantitative estimate of drug-likeness (QED) is 0.868. The first-order chi connectivity index (χ1) is 9.61. The molecule has 0 spiro atoms. The van der Waals surface area contributed by atoms with Crippen LogP contribution in [0.25, 0.3) is 0 Å². The summed E-state index contributed by atoms with van der Waals surface area (Å²) in [5.41, 5.74) is 6.94. The standard InChI is InChI=1S/C16H20N2O2/c17-15-13(16(19)20)6-12(7-18-15)14-10-2-8-1-9(4-10)5-11(14)3-8/h6-11,14H,1-5H2,(H2,17,18)(H,19,20). The van der Waals surface area contributed by atoms with Crippen molar-refractivity contribution in [1.29, 1.82) is 0 Å². The predicted octanol–water partition coefficient (Wildman–Crippen LogP) is 2.90. The number of nitrogen functional groups attached to an aromatic ring is 1. The van der Waals surface area contributed by atoms with Gasteiger partial charge in [0.2, 0.25) is 0 Å². The van der Waals surface area contributed by atoms with Crippen LogP contribution in [0.15, 0.2) is 12.3 Å². The molecule has 0 amide bonds. The summed E-state index contributed by atoms with van der Waals surface area (Å²) in [5, 5.41) is 9.22. The second kappa shape index (κ2) is 4.21. The molecule has 20 heavy (non-hydrogen) atoms. The molecule has 4 aliphatic carbocycles. The third-order valence-electron chi connectivity index (χ3n) is 5.78. The molecule has 4 bridgehead atoms. The van der Waals surface area contributed by atoms with E-state index in [1.165, 1.54) is 32.1 Å². The van der Waals surface area contributed by atoms with Crippen LogP contribution < -0.4 is 5.73 Å². The summed E-state index contributed by atoms with van der Waals surface area (Å²) in [4.78, 5) is 15.4. The van der Waals surface area contributed by atoms with Crippen LogP contribution in [0, 0.1) is 23.7 Å². The highest BCUT2D eigenvalue weighted by atomic mass is 16.4. The van der Waals surface area contributed by atoms with E-state index in [4.69, 9.17) is 5.73 Å². The van der Waals surface area contributed by atoms with E-state index in [1.807, 2.05) is 6.20 Å². The maximum absolute atomic E-state index is 11.2. The molecule has 0 radical (unpaired) electrons. The highest BCUT2D eigenvalue weighted by Gasteiger charge is 2.48. The summed E-state index contributed by atoms with van der Waals surface area (Å²) in [5.74, 6) is 2.99. The van der Waals surface area contributed by atoms with Crippen LogP contribution in [0.2, 0.25) is 0 Å². The lowest BCUT2D eigenvalue weighted by Gasteiger charge is -2.54. The smallest absolute Gasteiger partial charge is 0.339 e. The monoisotopic (exact) mass is 272 g/mol. The van der Waals surface area contributed by atoms with Crippen molar-refractivity contribution < 1.29 is 9.90 Å². The third kappa shape index (κ3) is 1.74. The van der Waals surface area contributed by atoms with E-state index in [0.717, 1.165) is 29.2 Å². The molecule has 0 aliphatic heterocycles. The summed E-state index contributed by atoms with van der Waals surface area (Å²) < 4.78 is 0. The number of rotatable bonds is 2. The van der Waals surface area contributed by atoms with Gasteiger partial charge in [-0.2, -0.15) is 0 Å². The van der Waals surface area contributed by atoms with Gasteiger partial charge in [0.15, 0.2) is 0 Å². The number of nitrogens with zero attached hydrogens (tertiary/aromatic N) is 1. The van der Waals surface area contributed by atoms with Crippen molar-refractivity contribution in [2.75, 3.05) is 5.73 Å². The van der Waals surface area contributed by atoms with Gasteiger partial charge < -0.3 is 10.8 Å². The zero-order valence-corrected chi connectivity index (χ0v) is 11.5. The molecule has 0 atom stereocenters. The van der Waals surface area contributed by atoms with Gasteiger partial charge in [-0.05, 0) is 73.3 Å². The number of hydrogen-bond acceptors (Lipinski definition) is 3. The number of carboxylic acid groups (broad SMARTS) is 1. The highest BCUT2D eigenvalue weighted by molar-refractivity contribution is 5.92. The predicted molar refractivity (Wildman–Crippen MR) is 75.4 cm³/mol. The lowest BCUT2D eigenvalue weighted by Crippen LogP contribution is -2.43. The first-order valence-electron chi connectivity index (χ1n) is 7.60. The number of anilines is 1. The fraction of sp³-hybridized carbons (Fsp3) is 0.625. The van der Waals surface area contributed by atoms with E-state index >= 15 is 0 Å². The van der Waals surface area contributed by atoms with Gasteiger partial charge in [-0.1, -0.05) is 0 Å². The van der Waals surface area contributed by atoms with Gasteiger partial charge in [0.25, 0.3) is 0 Å². The Morgan fingerprint density at radius 2 is 1.75 bits per heavy atom. The molecular weight excluding hydrogens is 252 g/mol. The number of pyridine rings is 1. The van der Waals surface area contributed by atoms with E-state index in [1.54, 1.807) is 6.07 Å². The van der Waals surface area contributed by atoms with Gasteiger partial charge in [0, 0.05) is 6.20 Å². The van der Waals surface area contributed by atoms with Gasteiger partial charge in [0.1, 0.15) is 11.4 Å². The summed E-state index contributed by atoms with van der Waals surface area (Å²) in [6.07, 6.45) is 8.54. The van der Waals surface area contributed by atoms with E-state index in [-0.39, 0.29) is 11.4 Å². The van der Waals surface area contributed by atoms with Crippen molar-refractivity contribution in [3.8, 4) is 0 Å². The maximum Gasteiger partial charge on any atom is 0.339 e. The molecule has 4 fully saturated rings. The van der Waals surface area contributed by atoms with Crippen LogP contribution in [0.1, 0.15) is 53.9 Å². The topological polar surface area (TPSA) is 76.2 Å². The highest BCUT2D eigenvalue weighted by Crippen LogP contribution is 2.59. The Kier molecular flexibility index (Phi) is 2.56. The van der Waals surface area contributed by atoms with Gasteiger partial charge in [-0.25, -0.2) is 9.78 Å². The SMILES string of the molecule is Nc1ncc(C2C3CC4CC(C3)CC2C4)cc1C(=O)O. The molecule has 3 N–H and O–H groups in total. The Labute approximate surface area is 118 Å². The zero-order valence-electron chi connectivity index (χ0n) is 11.5. The number of aromatic carboxylic acids is 1. The molecule has 5 rings (SSSR count). The van der Waals surface area contributed by atoms with Gasteiger partial charge in [-0.3, -0.25) is 0 Å². The minimum absolute atomic E-state index is 0.130. The number of carboxylic acids is 1. The van der Waals surface area contributed by atoms with Gasteiger partial charge >= 0.3 is 5.97 Å². The van der Waals surface area contributed by atoms with Crippen LogP contribution in [-0.2, 0) is 0 Å². The Balaban J connectivity index is 1.71. The van der Waals surface area contributed by atoms with Crippen LogP contribution in [0.5, 0.6) is 0 Å². The molecule has 4 saturated carbocycles. The Morgan fingerprint density at radius 3 is 2.30 bits per heavy atom. The van der Waals surface area contributed by atoms with Crippen LogP contribution in [-0.4, -0.2) is 16.1 Å². The van der Waals surface area contributed by atoms with Crippen LogP contribution >= 0.6 is 0 Å². The Hall–Kier alpha value is -1.58. The number of nitrogens with two attached hydrogens (primary N) is 1. The fourth-order valence-electron chi connectivity index (χ4n) is 5.31. The maximum atomic E-state index is 11.2. The van der Waals surface area contributed by atoms with E-state index < -0.39 is 5.97 Å². The van der Waals surface area contributed by atoms with Gasteiger partial charge in [0.05, 0.1) is 0 Å². The second-order valence-electron chi connectivity index (χ2n) is 6.96. The van der Waals surface area contributed by atoms with E-state index in [9.17, 15) is 9.90 Å². The summed E-state index contributed by atoms with van der Waals surface area (Å²) >= 11 is 0. The molecule has 1 aromatic heterocycles. The second-order valence-corrected chi connectivity index (χ2v) is 6.96. The molecule has 0 aromatic carbocycles. The Morgan fingerprint density at radius 1 is 1.15 bits per heavy atom. The zero-order chi connectivity index (χ0) is 13.9. The van der Waals surface area contributed by atoms with E-state index in [0.29, 0.717) is 5.92 Å². The number of carbonyl (C=O) groups is 1. The summed E-state index contributed by atoms with van der Waals surface area (Å²) in [6, 6.07) is 1.78. The van der Waals surface area contributed by atoms with Crippen molar-refractivity contribution >= 4 is 11.8 Å². The molecule has 106 valence electrons. The molecule has 4 aliphatic rings. The van der Waals surface area contributed by atoms with Crippen LogP contribution in [0.4, 0.5) is 5.82 Å². The first kappa shape index (κ1) is 12.2. The largest absolute Gasteiger partial charge is 0.478 e. The molecule has 4 heteroatoms. The molecule has 0 saturated heterocycles. The molecule has 1 heterocycles. The normalized spacial score (nSPS) is 38.1. The van der Waals surface area contributed by atoms with Crippen molar-refractivity contribution in [3.05, 3.63) is 23.4 Å². The van der Waals surface area contributed by atoms with Crippen molar-refractivity contribution in [1.82, 2.24) is 4.98 Å². The average Bonchev–Trinajstić information content (AvgIpc) is 2.38. The van der Waals surface area contributed by atoms with Gasteiger partial charge in [-0.15, -0.1) is 0 Å². The number of hydrogen-bond donors (Lipinski definition) is 2. The average molecular weight is 272 g/mol. The summed E-state index contributed by atoms with van der Waals surface area (Å²) in [6.45, 7) is 0. The molecule has 0 unspecified atom stereocenters.